The molecule has 0 atom stereocenters. The molecule has 2 fully saturated rings. The van der Waals surface area contributed by atoms with E-state index < -0.39 is 0 Å². The summed E-state index contributed by atoms with van der Waals surface area (Å²) in [5, 5.41) is 8.11. The highest BCUT2D eigenvalue weighted by atomic mass is 19.1. The van der Waals surface area contributed by atoms with Crippen molar-refractivity contribution in [2.24, 2.45) is 18.4 Å². The minimum absolute atomic E-state index is 0.0277. The van der Waals surface area contributed by atoms with Crippen molar-refractivity contribution in [2.75, 3.05) is 31.6 Å². The molecular formula is C23H27FN6O. The van der Waals surface area contributed by atoms with Gasteiger partial charge in [-0.25, -0.2) is 14.4 Å². The number of nitrogens with zero attached hydrogens (tertiary/aromatic N) is 5. The summed E-state index contributed by atoms with van der Waals surface area (Å²) in [6, 6.07) is 5.76. The van der Waals surface area contributed by atoms with Gasteiger partial charge in [0, 0.05) is 48.9 Å². The summed E-state index contributed by atoms with van der Waals surface area (Å²) < 4.78 is 14.3. The van der Waals surface area contributed by atoms with Crippen molar-refractivity contribution in [1.82, 2.24) is 24.6 Å². The van der Waals surface area contributed by atoms with Crippen molar-refractivity contribution in [3.8, 4) is 11.3 Å². The number of carbonyl (C=O) groups is 1. The van der Waals surface area contributed by atoms with Crippen LogP contribution in [0.4, 0.5) is 10.2 Å². The highest BCUT2D eigenvalue weighted by molar-refractivity contribution is 5.94. The van der Waals surface area contributed by atoms with E-state index in [1.165, 1.54) is 0 Å². The zero-order valence-electron chi connectivity index (χ0n) is 17.7. The number of hydrogen-bond donors (Lipinski definition) is 1. The van der Waals surface area contributed by atoms with Crippen LogP contribution >= 0.6 is 0 Å². The lowest BCUT2D eigenvalue weighted by Gasteiger charge is -2.51. The molecule has 1 amide bonds. The van der Waals surface area contributed by atoms with Gasteiger partial charge >= 0.3 is 0 Å². The topological polar surface area (TPSA) is 75.9 Å². The quantitative estimate of drug-likeness (QED) is 0.682. The SMILES string of the molecule is Cn1cc(-c2ccc3cnc(NC(=O)C4CC5(CCN(CCF)CC5)C4)cc3n2)cn1. The van der Waals surface area contributed by atoms with E-state index in [0.717, 1.165) is 60.9 Å². The standard InChI is InChI=1S/C23H27FN6O/c1-29-15-18(14-26-29)19-3-2-16-13-25-21(10-20(16)27-19)28-22(31)17-11-23(12-17)4-7-30(8-5-23)9-6-24/h2-3,10,13-15,17H,4-9,11-12H2,1H3,(H,25,28,31). The number of piperidine rings is 1. The highest BCUT2D eigenvalue weighted by Gasteiger charge is 2.48. The van der Waals surface area contributed by atoms with Crippen molar-refractivity contribution >= 4 is 22.6 Å². The van der Waals surface area contributed by atoms with Crippen LogP contribution in [-0.4, -0.2) is 56.9 Å². The Morgan fingerprint density at radius 3 is 2.77 bits per heavy atom. The Bertz CT molecular complexity index is 1100. The number of aryl methyl sites for hydroxylation is 1. The molecule has 0 radical (unpaired) electrons. The molecule has 162 valence electrons. The molecule has 1 aliphatic carbocycles. The fourth-order valence-electron chi connectivity index (χ4n) is 4.98. The number of nitrogens with one attached hydrogen (secondary N) is 1. The summed E-state index contributed by atoms with van der Waals surface area (Å²) in [6.07, 6.45) is 9.41. The Labute approximate surface area is 180 Å². The van der Waals surface area contributed by atoms with E-state index in [4.69, 9.17) is 4.98 Å². The minimum atomic E-state index is -0.282. The average molecular weight is 423 g/mol. The number of amides is 1. The predicted molar refractivity (Wildman–Crippen MR) is 117 cm³/mol. The van der Waals surface area contributed by atoms with E-state index in [0.29, 0.717) is 12.4 Å². The van der Waals surface area contributed by atoms with E-state index in [1.54, 1.807) is 17.1 Å². The lowest BCUT2D eigenvalue weighted by molar-refractivity contribution is -0.129. The van der Waals surface area contributed by atoms with E-state index in [1.807, 2.05) is 31.4 Å². The van der Waals surface area contributed by atoms with Gasteiger partial charge in [-0.05, 0) is 56.3 Å². The summed E-state index contributed by atoms with van der Waals surface area (Å²) in [5.74, 6) is 0.596. The van der Waals surface area contributed by atoms with Crippen molar-refractivity contribution in [3.05, 3.63) is 36.8 Å². The van der Waals surface area contributed by atoms with E-state index in [2.05, 4.69) is 20.3 Å². The fraction of sp³-hybridized carbons (Fsp3) is 0.478. The zero-order valence-corrected chi connectivity index (χ0v) is 17.7. The number of anilines is 1. The Hall–Kier alpha value is -2.87. The Morgan fingerprint density at radius 2 is 2.06 bits per heavy atom. The first kappa shape index (κ1) is 20.1. The molecule has 2 aliphatic rings. The number of carbonyl (C=O) groups excluding carboxylic acids is 1. The van der Waals surface area contributed by atoms with Crippen LogP contribution in [0.5, 0.6) is 0 Å². The number of likely N-dealkylation sites (tertiary alicyclic amines) is 1. The Morgan fingerprint density at radius 1 is 1.26 bits per heavy atom. The van der Waals surface area contributed by atoms with Gasteiger partial charge in [0.2, 0.25) is 5.91 Å². The lowest BCUT2D eigenvalue weighted by Crippen LogP contribution is -2.50. The second-order valence-corrected chi connectivity index (χ2v) is 8.99. The molecule has 8 heteroatoms. The molecule has 1 saturated heterocycles. The molecule has 3 aromatic heterocycles. The number of alkyl halides is 1. The first-order chi connectivity index (χ1) is 15.0. The number of hydrogen-bond acceptors (Lipinski definition) is 5. The van der Waals surface area contributed by atoms with Crippen LogP contribution in [0.2, 0.25) is 0 Å². The third kappa shape index (κ3) is 4.04. The summed E-state index contributed by atoms with van der Waals surface area (Å²) in [4.78, 5) is 24.1. The van der Waals surface area contributed by atoms with Gasteiger partial charge in [-0.15, -0.1) is 0 Å². The van der Waals surface area contributed by atoms with Gasteiger partial charge < -0.3 is 10.2 Å². The largest absolute Gasteiger partial charge is 0.310 e. The van der Waals surface area contributed by atoms with Crippen LogP contribution in [0.15, 0.2) is 36.8 Å². The van der Waals surface area contributed by atoms with Gasteiger partial charge in [0.15, 0.2) is 0 Å². The number of fused-ring (bicyclic) bond motifs is 1. The van der Waals surface area contributed by atoms with Crippen LogP contribution in [0.25, 0.3) is 22.2 Å². The Kier molecular flexibility index (Phi) is 5.17. The molecule has 1 saturated carbocycles. The smallest absolute Gasteiger partial charge is 0.228 e. The van der Waals surface area contributed by atoms with Gasteiger partial charge in [0.1, 0.15) is 12.5 Å². The third-order valence-corrected chi connectivity index (χ3v) is 6.87. The lowest BCUT2D eigenvalue weighted by atomic mass is 9.57. The average Bonchev–Trinajstić information content (AvgIpc) is 3.19. The predicted octanol–water partition coefficient (Wildman–Crippen LogP) is 3.43. The molecule has 5 rings (SSSR count). The maximum atomic E-state index is 12.8. The highest BCUT2D eigenvalue weighted by Crippen LogP contribution is 2.52. The maximum Gasteiger partial charge on any atom is 0.228 e. The van der Waals surface area contributed by atoms with E-state index in [-0.39, 0.29) is 23.9 Å². The van der Waals surface area contributed by atoms with Crippen molar-refractivity contribution in [3.63, 3.8) is 0 Å². The molecule has 1 N–H and O–H groups in total. The molecular weight excluding hydrogens is 395 g/mol. The van der Waals surface area contributed by atoms with E-state index in [9.17, 15) is 9.18 Å². The van der Waals surface area contributed by atoms with Gasteiger partial charge in [-0.2, -0.15) is 5.10 Å². The van der Waals surface area contributed by atoms with E-state index >= 15 is 0 Å². The molecule has 1 spiro atoms. The van der Waals surface area contributed by atoms with Crippen LogP contribution in [-0.2, 0) is 11.8 Å². The van der Waals surface area contributed by atoms with Crippen molar-refractivity contribution in [2.45, 2.75) is 25.7 Å². The van der Waals surface area contributed by atoms with Gasteiger partial charge in [-0.1, -0.05) is 0 Å². The number of pyridine rings is 2. The summed E-state index contributed by atoms with van der Waals surface area (Å²) in [7, 11) is 1.88. The second-order valence-electron chi connectivity index (χ2n) is 8.99. The minimum Gasteiger partial charge on any atom is -0.310 e. The molecule has 0 aromatic carbocycles. The Balaban J connectivity index is 1.23. The van der Waals surface area contributed by atoms with Gasteiger partial charge in [-0.3, -0.25) is 9.48 Å². The first-order valence-corrected chi connectivity index (χ1v) is 10.9. The van der Waals surface area contributed by atoms with Crippen LogP contribution in [0.1, 0.15) is 25.7 Å². The normalized spacial score (nSPS) is 18.9. The number of halogens is 1. The van der Waals surface area contributed by atoms with Crippen molar-refractivity contribution < 1.29 is 9.18 Å². The van der Waals surface area contributed by atoms with Crippen LogP contribution in [0, 0.1) is 11.3 Å². The van der Waals surface area contributed by atoms with Gasteiger partial charge in [0.05, 0.1) is 17.4 Å². The summed E-state index contributed by atoms with van der Waals surface area (Å²) in [5.41, 5.74) is 2.84. The molecule has 31 heavy (non-hydrogen) atoms. The molecule has 0 unspecified atom stereocenters. The second kappa shape index (κ2) is 8.00. The number of rotatable bonds is 5. The number of aromatic nitrogens is 4. The molecule has 1 aliphatic heterocycles. The first-order valence-electron chi connectivity index (χ1n) is 10.9. The van der Waals surface area contributed by atoms with Crippen LogP contribution < -0.4 is 5.32 Å². The van der Waals surface area contributed by atoms with Crippen LogP contribution in [0.3, 0.4) is 0 Å². The zero-order chi connectivity index (χ0) is 21.4. The summed E-state index contributed by atoms with van der Waals surface area (Å²) in [6.45, 7) is 2.13. The maximum absolute atomic E-state index is 12.8. The monoisotopic (exact) mass is 422 g/mol. The third-order valence-electron chi connectivity index (χ3n) is 6.87. The molecule has 7 nitrogen and oxygen atoms in total. The summed E-state index contributed by atoms with van der Waals surface area (Å²) >= 11 is 0. The fourth-order valence-corrected chi connectivity index (χ4v) is 4.98. The van der Waals surface area contributed by atoms with Crippen molar-refractivity contribution in [1.29, 1.82) is 0 Å². The van der Waals surface area contributed by atoms with Gasteiger partial charge in [0.25, 0.3) is 0 Å². The molecule has 0 bridgehead atoms. The molecule has 4 heterocycles. The molecule has 3 aromatic rings.